The van der Waals surface area contributed by atoms with Crippen LogP contribution in [0.1, 0.15) is 0 Å². The molecule has 9 heteroatoms. The van der Waals surface area contributed by atoms with Crippen LogP contribution in [0.5, 0.6) is 5.75 Å². The van der Waals surface area contributed by atoms with Crippen molar-refractivity contribution < 1.29 is 9.53 Å². The molecule has 0 spiro atoms. The number of thiophene rings is 1. The normalized spacial score (nSPS) is 13.9. The lowest BCUT2D eigenvalue weighted by Gasteiger charge is -2.36. The highest BCUT2D eigenvalue weighted by atomic mass is 32.2. The number of rotatable bonds is 6. The van der Waals surface area contributed by atoms with Gasteiger partial charge in [0.15, 0.2) is 5.16 Å². The number of fused-ring (bicyclic) bond motifs is 1. The zero-order valence-electron chi connectivity index (χ0n) is 18.7. The summed E-state index contributed by atoms with van der Waals surface area (Å²) in [6, 6.07) is 19.4. The third kappa shape index (κ3) is 4.53. The molecule has 0 N–H and O–H groups in total. The molecule has 174 valence electrons. The van der Waals surface area contributed by atoms with Gasteiger partial charge in [0.1, 0.15) is 10.4 Å². The van der Waals surface area contributed by atoms with E-state index < -0.39 is 0 Å². The first-order valence-corrected chi connectivity index (χ1v) is 12.9. The smallest absolute Gasteiger partial charge is 0.276 e. The zero-order valence-corrected chi connectivity index (χ0v) is 20.3. The summed E-state index contributed by atoms with van der Waals surface area (Å²) in [6.07, 6.45) is 0. The van der Waals surface area contributed by atoms with E-state index in [0.717, 1.165) is 13.1 Å². The number of hydrogen-bond acceptors (Lipinski definition) is 7. The number of amides is 1. The zero-order chi connectivity index (χ0) is 23.5. The van der Waals surface area contributed by atoms with Crippen molar-refractivity contribution in [2.45, 2.75) is 5.16 Å². The van der Waals surface area contributed by atoms with Crippen LogP contribution in [0.25, 0.3) is 15.9 Å². The van der Waals surface area contributed by atoms with Crippen LogP contribution < -0.4 is 15.2 Å². The summed E-state index contributed by atoms with van der Waals surface area (Å²) in [5.41, 5.74) is 2.41. The minimum Gasteiger partial charge on any atom is -0.497 e. The number of ether oxygens (including phenoxy) is 1. The molecule has 0 saturated carbocycles. The van der Waals surface area contributed by atoms with Gasteiger partial charge in [0.25, 0.3) is 5.56 Å². The Kier molecular flexibility index (Phi) is 6.55. The summed E-state index contributed by atoms with van der Waals surface area (Å²) in [4.78, 5) is 35.2. The van der Waals surface area contributed by atoms with Gasteiger partial charge < -0.3 is 14.5 Å². The molecule has 0 radical (unpaired) electrons. The fourth-order valence-corrected chi connectivity index (χ4v) is 5.69. The van der Waals surface area contributed by atoms with E-state index in [9.17, 15) is 9.59 Å². The molecule has 1 saturated heterocycles. The van der Waals surface area contributed by atoms with Crippen LogP contribution in [0.3, 0.4) is 0 Å². The Morgan fingerprint density at radius 2 is 1.74 bits per heavy atom. The van der Waals surface area contributed by atoms with Crippen molar-refractivity contribution in [3.8, 4) is 11.4 Å². The van der Waals surface area contributed by atoms with Crippen LogP contribution >= 0.6 is 23.1 Å². The Morgan fingerprint density at radius 1 is 1.00 bits per heavy atom. The molecule has 1 fully saturated rings. The largest absolute Gasteiger partial charge is 0.497 e. The average Bonchev–Trinajstić information content (AvgIpc) is 3.37. The van der Waals surface area contributed by atoms with Crippen molar-refractivity contribution in [2.75, 3.05) is 43.9 Å². The van der Waals surface area contributed by atoms with Gasteiger partial charge in [-0.15, -0.1) is 11.3 Å². The summed E-state index contributed by atoms with van der Waals surface area (Å²) >= 11 is 2.68. The fraction of sp³-hybridized carbons (Fsp3) is 0.240. The van der Waals surface area contributed by atoms with Crippen LogP contribution in [0.4, 0.5) is 5.69 Å². The fourth-order valence-electron chi connectivity index (χ4n) is 4.02. The van der Waals surface area contributed by atoms with Gasteiger partial charge in [-0.2, -0.15) is 0 Å². The lowest BCUT2D eigenvalue weighted by atomic mass is 10.2. The molecular weight excluding hydrogens is 468 g/mol. The summed E-state index contributed by atoms with van der Waals surface area (Å²) < 4.78 is 7.43. The molecule has 1 aliphatic heterocycles. The molecule has 0 bridgehead atoms. The first-order chi connectivity index (χ1) is 16.6. The van der Waals surface area contributed by atoms with Crippen LogP contribution in [-0.4, -0.2) is 59.4 Å². The molecule has 1 aliphatic rings. The van der Waals surface area contributed by atoms with E-state index in [4.69, 9.17) is 9.72 Å². The van der Waals surface area contributed by atoms with E-state index in [1.807, 2.05) is 58.8 Å². The molecule has 0 unspecified atom stereocenters. The number of piperazine rings is 1. The predicted molar refractivity (Wildman–Crippen MR) is 138 cm³/mol. The van der Waals surface area contributed by atoms with Crippen molar-refractivity contribution >= 4 is 44.9 Å². The standard InChI is InChI=1S/C25H24N4O3S2/c1-32-20-9-7-19(8-10-20)29-24(31)23-21(11-16-33-23)26-25(29)34-17-22(30)28-14-12-27(13-15-28)18-5-3-2-4-6-18/h2-11,16H,12-15,17H2,1H3. The number of benzene rings is 2. The second-order valence-electron chi connectivity index (χ2n) is 7.86. The third-order valence-corrected chi connectivity index (χ3v) is 7.67. The lowest BCUT2D eigenvalue weighted by Crippen LogP contribution is -2.49. The van der Waals surface area contributed by atoms with Gasteiger partial charge in [-0.1, -0.05) is 30.0 Å². The van der Waals surface area contributed by atoms with Gasteiger partial charge in [-0.05, 0) is 47.8 Å². The van der Waals surface area contributed by atoms with Crippen LogP contribution in [-0.2, 0) is 4.79 Å². The van der Waals surface area contributed by atoms with Gasteiger partial charge in [0.2, 0.25) is 5.91 Å². The molecule has 0 aliphatic carbocycles. The lowest BCUT2D eigenvalue weighted by molar-refractivity contribution is -0.128. The van der Waals surface area contributed by atoms with E-state index >= 15 is 0 Å². The molecule has 7 nitrogen and oxygen atoms in total. The van der Waals surface area contributed by atoms with Crippen molar-refractivity contribution in [1.82, 2.24) is 14.5 Å². The second kappa shape index (κ2) is 9.90. The summed E-state index contributed by atoms with van der Waals surface area (Å²) in [5, 5.41) is 2.38. The van der Waals surface area contributed by atoms with Gasteiger partial charge in [-0.3, -0.25) is 14.2 Å². The van der Waals surface area contributed by atoms with Gasteiger partial charge in [-0.25, -0.2) is 4.98 Å². The number of carbonyl (C=O) groups excluding carboxylic acids is 1. The van der Waals surface area contributed by atoms with E-state index in [1.165, 1.54) is 28.8 Å². The molecule has 2 aromatic heterocycles. The number of para-hydroxylation sites is 1. The molecule has 0 atom stereocenters. The Morgan fingerprint density at radius 3 is 2.44 bits per heavy atom. The first-order valence-electron chi connectivity index (χ1n) is 11.0. The van der Waals surface area contributed by atoms with Gasteiger partial charge in [0, 0.05) is 31.9 Å². The quantitative estimate of drug-likeness (QED) is 0.300. The number of thioether (sulfide) groups is 1. The topological polar surface area (TPSA) is 67.7 Å². The maximum absolute atomic E-state index is 13.3. The van der Waals surface area contributed by atoms with Gasteiger partial charge in [0.05, 0.1) is 24.1 Å². The average molecular weight is 493 g/mol. The summed E-state index contributed by atoms with van der Waals surface area (Å²) in [7, 11) is 1.60. The molecular formula is C25H24N4O3S2. The number of carbonyl (C=O) groups is 1. The van der Waals surface area contributed by atoms with Crippen LogP contribution in [0.2, 0.25) is 0 Å². The van der Waals surface area contributed by atoms with E-state index in [2.05, 4.69) is 17.0 Å². The minimum atomic E-state index is -0.128. The number of anilines is 1. The second-order valence-corrected chi connectivity index (χ2v) is 9.72. The molecule has 1 amide bonds. The maximum atomic E-state index is 13.3. The van der Waals surface area contributed by atoms with Crippen molar-refractivity contribution in [3.63, 3.8) is 0 Å². The van der Waals surface area contributed by atoms with E-state index in [-0.39, 0.29) is 17.2 Å². The van der Waals surface area contributed by atoms with Crippen molar-refractivity contribution in [2.24, 2.45) is 0 Å². The van der Waals surface area contributed by atoms with Crippen molar-refractivity contribution in [1.29, 1.82) is 0 Å². The summed E-state index contributed by atoms with van der Waals surface area (Å²) in [5.74, 6) is 0.989. The number of aromatic nitrogens is 2. The highest BCUT2D eigenvalue weighted by molar-refractivity contribution is 7.99. The highest BCUT2D eigenvalue weighted by Crippen LogP contribution is 2.25. The molecule has 3 heterocycles. The Hall–Kier alpha value is -3.30. The van der Waals surface area contributed by atoms with Crippen molar-refractivity contribution in [3.05, 3.63) is 76.4 Å². The Bertz CT molecular complexity index is 1340. The molecule has 2 aromatic carbocycles. The highest BCUT2D eigenvalue weighted by Gasteiger charge is 2.22. The Balaban J connectivity index is 1.32. The maximum Gasteiger partial charge on any atom is 0.276 e. The number of methoxy groups -OCH3 is 1. The molecule has 34 heavy (non-hydrogen) atoms. The van der Waals surface area contributed by atoms with Crippen LogP contribution in [0, 0.1) is 0 Å². The SMILES string of the molecule is COc1ccc(-n2c(SCC(=O)N3CCN(c4ccccc4)CC3)nc3ccsc3c2=O)cc1. The van der Waals surface area contributed by atoms with Gasteiger partial charge >= 0.3 is 0 Å². The predicted octanol–water partition coefficient (Wildman–Crippen LogP) is 3.90. The third-order valence-electron chi connectivity index (χ3n) is 5.86. The molecule has 4 aromatic rings. The summed E-state index contributed by atoms with van der Waals surface area (Å²) in [6.45, 7) is 2.96. The number of nitrogens with zero attached hydrogens (tertiary/aromatic N) is 4. The van der Waals surface area contributed by atoms with Crippen LogP contribution in [0.15, 0.2) is 76.0 Å². The monoisotopic (exact) mass is 492 g/mol. The van der Waals surface area contributed by atoms with E-state index in [0.29, 0.717) is 39.9 Å². The molecule has 5 rings (SSSR count). The number of hydrogen-bond donors (Lipinski definition) is 0. The minimum absolute atomic E-state index is 0.0543. The Labute approximate surface area is 205 Å². The van der Waals surface area contributed by atoms with E-state index in [1.54, 1.807) is 11.7 Å². The first kappa shape index (κ1) is 22.5.